The molecule has 3 heterocycles. The molecular formula is C18H23N5OS2. The van der Waals surface area contributed by atoms with E-state index in [0.717, 1.165) is 58.8 Å². The minimum absolute atomic E-state index is 0.334. The molecule has 3 N–H and O–H groups in total. The van der Waals surface area contributed by atoms with Crippen LogP contribution < -0.4 is 10.6 Å². The second-order valence-electron chi connectivity index (χ2n) is 6.98. The lowest BCUT2D eigenvalue weighted by molar-refractivity contribution is -0.00193. The van der Waals surface area contributed by atoms with Gasteiger partial charge in [0, 0.05) is 6.04 Å². The minimum Gasteiger partial charge on any atom is -0.390 e. The van der Waals surface area contributed by atoms with Gasteiger partial charge in [-0.25, -0.2) is 4.98 Å². The zero-order chi connectivity index (χ0) is 18.1. The molecule has 0 saturated heterocycles. The van der Waals surface area contributed by atoms with E-state index in [-0.39, 0.29) is 0 Å². The number of aromatic nitrogens is 3. The Morgan fingerprint density at radius 3 is 2.81 bits per heavy atom. The third-order valence-corrected chi connectivity index (χ3v) is 6.79. The van der Waals surface area contributed by atoms with Crippen LogP contribution in [0.2, 0.25) is 0 Å². The summed E-state index contributed by atoms with van der Waals surface area (Å²) in [6.07, 6.45) is 4.41. The summed E-state index contributed by atoms with van der Waals surface area (Å²) in [5.41, 5.74) is 1.44. The van der Waals surface area contributed by atoms with Gasteiger partial charge in [0.2, 0.25) is 5.95 Å². The number of anilines is 3. The summed E-state index contributed by atoms with van der Waals surface area (Å²) in [7, 11) is 0. The van der Waals surface area contributed by atoms with E-state index in [1.165, 1.54) is 11.5 Å². The first-order valence-electron chi connectivity index (χ1n) is 8.99. The summed E-state index contributed by atoms with van der Waals surface area (Å²) in [5.74, 6) is 1.46. The lowest BCUT2D eigenvalue weighted by Gasteiger charge is -2.35. The highest BCUT2D eigenvalue weighted by molar-refractivity contribution is 7.17. The average Bonchev–Trinajstić information content (AvgIpc) is 3.26. The average molecular weight is 390 g/mol. The molecule has 1 aliphatic rings. The Balaban J connectivity index is 1.55. The van der Waals surface area contributed by atoms with E-state index in [2.05, 4.69) is 26.9 Å². The van der Waals surface area contributed by atoms with Crippen LogP contribution in [0.3, 0.4) is 0 Å². The fraction of sp³-hybridized carbons (Fsp3) is 0.500. The molecule has 3 aromatic heterocycles. The normalized spacial score (nSPS) is 23.3. The summed E-state index contributed by atoms with van der Waals surface area (Å²) < 4.78 is 5.37. The highest BCUT2D eigenvalue weighted by Gasteiger charge is 2.31. The van der Waals surface area contributed by atoms with Crippen molar-refractivity contribution in [3.05, 3.63) is 23.2 Å². The number of hydrogen-bond donors (Lipinski definition) is 3. The molecule has 0 unspecified atom stereocenters. The van der Waals surface area contributed by atoms with Crippen molar-refractivity contribution in [2.45, 2.75) is 57.6 Å². The molecule has 0 atom stereocenters. The zero-order valence-corrected chi connectivity index (χ0v) is 16.6. The molecule has 0 spiro atoms. The van der Waals surface area contributed by atoms with E-state index in [4.69, 9.17) is 4.98 Å². The Morgan fingerprint density at radius 2 is 2.12 bits per heavy atom. The highest BCUT2D eigenvalue weighted by atomic mass is 32.1. The molecule has 0 aromatic carbocycles. The van der Waals surface area contributed by atoms with Crippen LogP contribution >= 0.6 is 22.9 Å². The molecule has 1 aliphatic carbocycles. The molecule has 1 saturated carbocycles. The lowest BCUT2D eigenvalue weighted by atomic mass is 9.80. The van der Waals surface area contributed by atoms with Gasteiger partial charge in [-0.1, -0.05) is 6.92 Å². The van der Waals surface area contributed by atoms with Gasteiger partial charge in [0.25, 0.3) is 0 Å². The van der Waals surface area contributed by atoms with Gasteiger partial charge in [-0.3, -0.25) is 0 Å². The molecular weight excluding hydrogens is 366 g/mol. The van der Waals surface area contributed by atoms with Crippen molar-refractivity contribution in [2.24, 2.45) is 0 Å². The summed E-state index contributed by atoms with van der Waals surface area (Å²) in [6, 6.07) is 4.35. The number of rotatable bonds is 5. The van der Waals surface area contributed by atoms with E-state index in [1.807, 2.05) is 24.4 Å². The Bertz CT molecular complexity index is 898. The molecule has 1 fully saturated rings. The van der Waals surface area contributed by atoms with Gasteiger partial charge >= 0.3 is 0 Å². The van der Waals surface area contributed by atoms with E-state index in [1.54, 1.807) is 11.3 Å². The smallest absolute Gasteiger partial charge is 0.230 e. The molecule has 6 nitrogen and oxygen atoms in total. The van der Waals surface area contributed by atoms with Crippen LogP contribution in [0.4, 0.5) is 16.8 Å². The molecule has 0 aliphatic heterocycles. The van der Waals surface area contributed by atoms with Crippen molar-refractivity contribution >= 4 is 49.9 Å². The van der Waals surface area contributed by atoms with Crippen LogP contribution in [0.25, 0.3) is 10.2 Å². The van der Waals surface area contributed by atoms with Crippen molar-refractivity contribution in [2.75, 3.05) is 10.6 Å². The quantitative estimate of drug-likeness (QED) is 0.587. The summed E-state index contributed by atoms with van der Waals surface area (Å²) in [5, 5.41) is 20.3. The first-order valence-corrected chi connectivity index (χ1v) is 10.6. The molecule has 26 heavy (non-hydrogen) atoms. The SMILES string of the molecule is CCC1(O)CCC(Nc2nc(Nc3cc(C)ns3)nc3ccsc23)CC1. The van der Waals surface area contributed by atoms with Crippen molar-refractivity contribution in [1.29, 1.82) is 0 Å². The van der Waals surface area contributed by atoms with Gasteiger partial charge in [0.05, 0.1) is 21.5 Å². The predicted octanol–water partition coefficient (Wildman–Crippen LogP) is 4.70. The molecule has 138 valence electrons. The minimum atomic E-state index is -0.487. The van der Waals surface area contributed by atoms with Crippen LogP contribution in [0.15, 0.2) is 17.5 Å². The number of hydrogen-bond acceptors (Lipinski definition) is 8. The molecule has 0 amide bonds. The monoisotopic (exact) mass is 389 g/mol. The first-order chi connectivity index (χ1) is 12.5. The topological polar surface area (TPSA) is 83.0 Å². The van der Waals surface area contributed by atoms with Crippen LogP contribution in [-0.4, -0.2) is 31.1 Å². The standard InChI is InChI=1S/C18H23N5OS2/c1-3-18(24)7-4-12(5-8-18)19-16-15-13(6-9-25-15)20-17(22-16)21-14-10-11(2)23-26-14/h6,9-10,12,24H,3-5,7-8H2,1-2H3,(H2,19,20,21,22). The zero-order valence-electron chi connectivity index (χ0n) is 15.0. The Hall–Kier alpha value is -1.77. The van der Waals surface area contributed by atoms with Gasteiger partial charge in [0.1, 0.15) is 10.8 Å². The molecule has 0 radical (unpaired) electrons. The van der Waals surface area contributed by atoms with Gasteiger partial charge in [-0.2, -0.15) is 9.36 Å². The Morgan fingerprint density at radius 1 is 1.31 bits per heavy atom. The van der Waals surface area contributed by atoms with E-state index in [0.29, 0.717) is 12.0 Å². The first kappa shape index (κ1) is 17.6. The second kappa shape index (κ2) is 7.09. The van der Waals surface area contributed by atoms with Crippen molar-refractivity contribution in [3.8, 4) is 0 Å². The number of fused-ring (bicyclic) bond motifs is 1. The van der Waals surface area contributed by atoms with Gasteiger partial charge in [-0.15, -0.1) is 11.3 Å². The molecule has 3 aromatic rings. The fourth-order valence-electron chi connectivity index (χ4n) is 3.40. The maximum atomic E-state index is 10.4. The molecule has 4 rings (SSSR count). The van der Waals surface area contributed by atoms with E-state index >= 15 is 0 Å². The number of aryl methyl sites for hydroxylation is 1. The number of aliphatic hydroxyl groups is 1. The third kappa shape index (κ3) is 3.67. The van der Waals surface area contributed by atoms with E-state index in [9.17, 15) is 5.11 Å². The van der Waals surface area contributed by atoms with Gasteiger partial charge in [-0.05, 0) is 68.1 Å². The van der Waals surface area contributed by atoms with Crippen LogP contribution in [0, 0.1) is 6.92 Å². The number of thiophene rings is 1. The largest absolute Gasteiger partial charge is 0.390 e. The van der Waals surface area contributed by atoms with Crippen molar-refractivity contribution in [1.82, 2.24) is 14.3 Å². The summed E-state index contributed by atoms with van der Waals surface area (Å²) >= 11 is 3.06. The Labute approximate surface area is 160 Å². The maximum Gasteiger partial charge on any atom is 0.230 e. The predicted molar refractivity (Wildman–Crippen MR) is 109 cm³/mol. The third-order valence-electron chi connectivity index (χ3n) is 5.08. The number of nitrogens with zero attached hydrogens (tertiary/aromatic N) is 3. The summed E-state index contributed by atoms with van der Waals surface area (Å²) in [4.78, 5) is 9.34. The van der Waals surface area contributed by atoms with Crippen LogP contribution in [0.5, 0.6) is 0 Å². The molecule has 8 heteroatoms. The fourth-order valence-corrected chi connectivity index (χ4v) is 4.84. The van der Waals surface area contributed by atoms with Crippen LogP contribution in [-0.2, 0) is 0 Å². The maximum absolute atomic E-state index is 10.4. The lowest BCUT2D eigenvalue weighted by Crippen LogP contribution is -2.37. The number of nitrogens with one attached hydrogen (secondary N) is 2. The highest BCUT2D eigenvalue weighted by Crippen LogP contribution is 2.34. The molecule has 0 bridgehead atoms. The van der Waals surface area contributed by atoms with Crippen molar-refractivity contribution < 1.29 is 5.11 Å². The summed E-state index contributed by atoms with van der Waals surface area (Å²) in [6.45, 7) is 4.03. The van der Waals surface area contributed by atoms with Crippen molar-refractivity contribution in [3.63, 3.8) is 0 Å². The van der Waals surface area contributed by atoms with Gasteiger partial charge < -0.3 is 15.7 Å². The van der Waals surface area contributed by atoms with Crippen LogP contribution in [0.1, 0.15) is 44.7 Å². The van der Waals surface area contributed by atoms with Gasteiger partial charge in [0.15, 0.2) is 0 Å². The second-order valence-corrected chi connectivity index (χ2v) is 8.71. The Kier molecular flexibility index (Phi) is 4.81. The van der Waals surface area contributed by atoms with E-state index < -0.39 is 5.60 Å².